The van der Waals surface area contributed by atoms with Gasteiger partial charge in [-0.05, 0) is 24.0 Å². The highest BCUT2D eigenvalue weighted by molar-refractivity contribution is 7.99. The van der Waals surface area contributed by atoms with Gasteiger partial charge in [-0.15, -0.1) is 11.8 Å². The minimum Gasteiger partial charge on any atom is -0.508 e. The van der Waals surface area contributed by atoms with E-state index in [1.54, 1.807) is 23.9 Å². The monoisotopic (exact) mass is 179 g/mol. The van der Waals surface area contributed by atoms with Crippen molar-refractivity contribution >= 4 is 11.8 Å². The molecule has 62 valence electrons. The Bertz CT molecular complexity index is 317. The fourth-order valence-corrected chi connectivity index (χ4v) is 1.65. The van der Waals surface area contributed by atoms with Gasteiger partial charge in [-0.1, -0.05) is 6.92 Å². The number of hydrogen-bond acceptors (Lipinski definition) is 3. The first-order valence-electron chi connectivity index (χ1n) is 3.63. The van der Waals surface area contributed by atoms with Crippen LogP contribution in [0.15, 0.2) is 23.1 Å². The van der Waals surface area contributed by atoms with Gasteiger partial charge in [0.1, 0.15) is 5.75 Å². The number of aromatic hydroxyl groups is 1. The maximum atomic E-state index is 9.19. The Morgan fingerprint density at radius 3 is 2.83 bits per heavy atom. The highest BCUT2D eigenvalue weighted by atomic mass is 32.2. The lowest BCUT2D eigenvalue weighted by Gasteiger charge is -1.99. The molecule has 0 aliphatic heterocycles. The molecule has 0 spiro atoms. The van der Waals surface area contributed by atoms with E-state index in [1.807, 2.05) is 13.0 Å². The smallest absolute Gasteiger partial charge is 0.118 e. The van der Waals surface area contributed by atoms with Gasteiger partial charge in [-0.3, -0.25) is 0 Å². The van der Waals surface area contributed by atoms with Gasteiger partial charge in [0.2, 0.25) is 0 Å². The molecule has 0 radical (unpaired) electrons. The van der Waals surface area contributed by atoms with E-state index in [9.17, 15) is 5.11 Å². The SMILES string of the molecule is CCSc1cc(O)cc(C#N)c1. The first kappa shape index (κ1) is 8.95. The zero-order chi connectivity index (χ0) is 8.97. The van der Waals surface area contributed by atoms with E-state index >= 15 is 0 Å². The van der Waals surface area contributed by atoms with E-state index in [-0.39, 0.29) is 5.75 Å². The third-order valence-corrected chi connectivity index (χ3v) is 2.19. The van der Waals surface area contributed by atoms with Crippen LogP contribution in [-0.2, 0) is 0 Å². The van der Waals surface area contributed by atoms with E-state index < -0.39 is 0 Å². The zero-order valence-electron chi connectivity index (χ0n) is 6.74. The largest absolute Gasteiger partial charge is 0.508 e. The molecule has 0 aliphatic rings. The van der Waals surface area contributed by atoms with Crippen LogP contribution in [0.3, 0.4) is 0 Å². The van der Waals surface area contributed by atoms with Crippen molar-refractivity contribution in [1.82, 2.24) is 0 Å². The Morgan fingerprint density at radius 2 is 2.25 bits per heavy atom. The maximum absolute atomic E-state index is 9.19. The number of phenolic OH excluding ortho intramolecular Hbond substituents is 1. The second-order valence-electron chi connectivity index (χ2n) is 2.26. The molecular formula is C9H9NOS. The summed E-state index contributed by atoms with van der Waals surface area (Å²) in [7, 11) is 0. The van der Waals surface area contributed by atoms with Crippen LogP contribution in [-0.4, -0.2) is 10.9 Å². The zero-order valence-corrected chi connectivity index (χ0v) is 7.56. The van der Waals surface area contributed by atoms with E-state index in [1.165, 1.54) is 6.07 Å². The third kappa shape index (κ3) is 2.18. The van der Waals surface area contributed by atoms with Crippen LogP contribution in [0.5, 0.6) is 5.75 Å². The van der Waals surface area contributed by atoms with Crippen LogP contribution in [0.1, 0.15) is 12.5 Å². The summed E-state index contributed by atoms with van der Waals surface area (Å²) in [6, 6.07) is 6.88. The van der Waals surface area contributed by atoms with Crippen LogP contribution in [0.25, 0.3) is 0 Å². The molecule has 0 amide bonds. The summed E-state index contributed by atoms with van der Waals surface area (Å²) in [6.45, 7) is 2.03. The fraction of sp³-hybridized carbons (Fsp3) is 0.222. The lowest BCUT2D eigenvalue weighted by atomic mass is 10.2. The summed E-state index contributed by atoms with van der Waals surface area (Å²) in [5.41, 5.74) is 0.506. The lowest BCUT2D eigenvalue weighted by Crippen LogP contribution is -1.77. The predicted octanol–water partition coefficient (Wildman–Crippen LogP) is 2.38. The van der Waals surface area contributed by atoms with Gasteiger partial charge in [-0.2, -0.15) is 5.26 Å². The number of thioether (sulfide) groups is 1. The van der Waals surface area contributed by atoms with Crippen molar-refractivity contribution in [3.63, 3.8) is 0 Å². The van der Waals surface area contributed by atoms with Crippen molar-refractivity contribution in [2.75, 3.05) is 5.75 Å². The van der Waals surface area contributed by atoms with Crippen LogP contribution in [0.2, 0.25) is 0 Å². The molecule has 12 heavy (non-hydrogen) atoms. The molecule has 0 aliphatic carbocycles. The van der Waals surface area contributed by atoms with Gasteiger partial charge in [0, 0.05) is 4.90 Å². The van der Waals surface area contributed by atoms with Crippen LogP contribution in [0, 0.1) is 11.3 Å². The molecule has 0 bridgehead atoms. The average molecular weight is 179 g/mol. The summed E-state index contributed by atoms with van der Waals surface area (Å²) in [6.07, 6.45) is 0. The van der Waals surface area contributed by atoms with Crippen LogP contribution in [0.4, 0.5) is 0 Å². The second-order valence-corrected chi connectivity index (χ2v) is 3.60. The third-order valence-electron chi connectivity index (χ3n) is 1.33. The summed E-state index contributed by atoms with van der Waals surface area (Å²) >= 11 is 1.61. The van der Waals surface area contributed by atoms with Crippen molar-refractivity contribution in [1.29, 1.82) is 5.26 Å². The summed E-state index contributed by atoms with van der Waals surface area (Å²) in [5, 5.41) is 17.8. The Hall–Kier alpha value is -1.14. The van der Waals surface area contributed by atoms with Gasteiger partial charge < -0.3 is 5.11 Å². The van der Waals surface area contributed by atoms with Crippen molar-refractivity contribution in [3.8, 4) is 11.8 Å². The molecule has 0 aromatic heterocycles. The first-order chi connectivity index (χ1) is 5.76. The normalized spacial score (nSPS) is 9.33. The number of nitrogens with zero attached hydrogens (tertiary/aromatic N) is 1. The summed E-state index contributed by atoms with van der Waals surface area (Å²) in [4.78, 5) is 0.939. The van der Waals surface area contributed by atoms with Gasteiger partial charge in [0.05, 0.1) is 11.6 Å². The number of benzene rings is 1. The van der Waals surface area contributed by atoms with E-state index in [0.717, 1.165) is 10.6 Å². The molecule has 2 nitrogen and oxygen atoms in total. The molecule has 0 saturated heterocycles. The summed E-state index contributed by atoms with van der Waals surface area (Å²) in [5.74, 6) is 1.10. The molecule has 3 heteroatoms. The molecule has 1 aromatic carbocycles. The first-order valence-corrected chi connectivity index (χ1v) is 4.61. The number of rotatable bonds is 2. The highest BCUT2D eigenvalue weighted by Crippen LogP contribution is 2.23. The molecule has 1 N–H and O–H groups in total. The highest BCUT2D eigenvalue weighted by Gasteiger charge is 1.98. The molecule has 0 saturated carbocycles. The topological polar surface area (TPSA) is 44.0 Å². The number of nitriles is 1. The minimum absolute atomic E-state index is 0.157. The Balaban J connectivity index is 3.00. The van der Waals surface area contributed by atoms with Gasteiger partial charge >= 0.3 is 0 Å². The standard InChI is InChI=1S/C9H9NOS/c1-2-12-9-4-7(6-10)3-8(11)5-9/h3-5,11H,2H2,1H3. The van der Waals surface area contributed by atoms with Gasteiger partial charge in [-0.25, -0.2) is 0 Å². The van der Waals surface area contributed by atoms with Crippen molar-refractivity contribution < 1.29 is 5.11 Å². The Labute approximate surface area is 75.8 Å². The number of phenols is 1. The molecule has 0 heterocycles. The predicted molar refractivity (Wildman–Crippen MR) is 49.2 cm³/mol. The fourth-order valence-electron chi connectivity index (χ4n) is 0.898. The van der Waals surface area contributed by atoms with Crippen LogP contribution >= 0.6 is 11.8 Å². The molecule has 0 unspecified atom stereocenters. The van der Waals surface area contributed by atoms with E-state index in [0.29, 0.717) is 5.56 Å². The molecule has 1 rings (SSSR count). The van der Waals surface area contributed by atoms with Gasteiger partial charge in [0.15, 0.2) is 0 Å². The quantitative estimate of drug-likeness (QED) is 0.709. The molecule has 0 atom stereocenters. The molecular weight excluding hydrogens is 170 g/mol. The lowest BCUT2D eigenvalue weighted by molar-refractivity contribution is 0.473. The van der Waals surface area contributed by atoms with Crippen molar-refractivity contribution in [3.05, 3.63) is 23.8 Å². The van der Waals surface area contributed by atoms with Crippen LogP contribution < -0.4 is 0 Å². The maximum Gasteiger partial charge on any atom is 0.118 e. The van der Waals surface area contributed by atoms with E-state index in [4.69, 9.17) is 5.26 Å². The molecule has 1 aromatic rings. The average Bonchev–Trinajstić information content (AvgIpc) is 2.04. The number of hydrogen-bond donors (Lipinski definition) is 1. The molecule has 0 fully saturated rings. The van der Waals surface area contributed by atoms with Gasteiger partial charge in [0.25, 0.3) is 0 Å². The van der Waals surface area contributed by atoms with Crippen molar-refractivity contribution in [2.24, 2.45) is 0 Å². The van der Waals surface area contributed by atoms with Crippen molar-refractivity contribution in [2.45, 2.75) is 11.8 Å². The van der Waals surface area contributed by atoms with E-state index in [2.05, 4.69) is 0 Å². The Morgan fingerprint density at radius 1 is 1.50 bits per heavy atom. The second kappa shape index (κ2) is 4.03. The Kier molecular flexibility index (Phi) is 3.01. The minimum atomic E-state index is 0.157. The summed E-state index contributed by atoms with van der Waals surface area (Å²) < 4.78 is 0.